The van der Waals surface area contributed by atoms with Crippen molar-refractivity contribution in [1.82, 2.24) is 20.8 Å². The predicted octanol–water partition coefficient (Wildman–Crippen LogP) is 3.41. The van der Waals surface area contributed by atoms with E-state index < -0.39 is 0 Å². The molecule has 1 fully saturated rings. The molecule has 3 aromatic rings. The van der Waals surface area contributed by atoms with E-state index in [1.165, 1.54) is 5.56 Å². The Hall–Kier alpha value is -2.44. The molecule has 1 aliphatic rings. The van der Waals surface area contributed by atoms with Gasteiger partial charge in [-0.15, -0.1) is 12.4 Å². The van der Waals surface area contributed by atoms with Crippen molar-refractivity contribution in [2.24, 2.45) is 0 Å². The zero-order valence-electron chi connectivity index (χ0n) is 15.4. The van der Waals surface area contributed by atoms with Crippen molar-refractivity contribution in [3.8, 4) is 11.3 Å². The SMILES string of the molecule is Cc1ccc(-c2cc(C(=O)NC3CCNCC3)c3c(C)noc3n2)cc1.Cl. The summed E-state index contributed by atoms with van der Waals surface area (Å²) in [7, 11) is 0. The largest absolute Gasteiger partial charge is 0.349 e. The average Bonchev–Trinajstić information content (AvgIpc) is 3.03. The van der Waals surface area contributed by atoms with Crippen molar-refractivity contribution in [2.45, 2.75) is 32.7 Å². The minimum atomic E-state index is -0.0936. The minimum Gasteiger partial charge on any atom is -0.349 e. The monoisotopic (exact) mass is 386 g/mol. The smallest absolute Gasteiger partial charge is 0.259 e. The van der Waals surface area contributed by atoms with Crippen LogP contribution in [-0.4, -0.2) is 35.2 Å². The van der Waals surface area contributed by atoms with Crippen molar-refractivity contribution in [1.29, 1.82) is 0 Å². The summed E-state index contributed by atoms with van der Waals surface area (Å²) in [6, 6.07) is 10.1. The predicted molar refractivity (Wildman–Crippen MR) is 107 cm³/mol. The average molecular weight is 387 g/mol. The first-order valence-corrected chi connectivity index (χ1v) is 8.97. The van der Waals surface area contributed by atoms with Crippen molar-refractivity contribution < 1.29 is 9.32 Å². The first-order chi connectivity index (χ1) is 12.6. The lowest BCUT2D eigenvalue weighted by atomic mass is 10.0. The Bertz CT molecular complexity index is 947. The quantitative estimate of drug-likeness (QED) is 0.721. The Kier molecular flexibility index (Phi) is 5.77. The molecule has 7 heteroatoms. The van der Waals surface area contributed by atoms with Gasteiger partial charge in [0.05, 0.1) is 22.3 Å². The van der Waals surface area contributed by atoms with E-state index in [2.05, 4.69) is 20.8 Å². The van der Waals surface area contributed by atoms with E-state index in [4.69, 9.17) is 4.52 Å². The molecule has 4 rings (SSSR count). The normalized spacial score (nSPS) is 14.7. The van der Waals surface area contributed by atoms with Gasteiger partial charge in [-0.1, -0.05) is 35.0 Å². The lowest BCUT2D eigenvalue weighted by Gasteiger charge is -2.23. The summed E-state index contributed by atoms with van der Waals surface area (Å²) in [4.78, 5) is 17.6. The van der Waals surface area contributed by atoms with E-state index in [1.807, 2.05) is 44.2 Å². The van der Waals surface area contributed by atoms with E-state index in [1.54, 1.807) is 0 Å². The standard InChI is InChI=1S/C20H22N4O2.ClH/c1-12-3-5-14(6-4-12)17-11-16(18-13(2)24-26-20(18)23-17)19(25)22-15-7-9-21-10-8-15;/h3-6,11,15,21H,7-10H2,1-2H3,(H,22,25);1H. The second-order valence-electron chi connectivity index (χ2n) is 6.87. The zero-order valence-corrected chi connectivity index (χ0v) is 16.2. The second kappa shape index (κ2) is 8.06. The van der Waals surface area contributed by atoms with Gasteiger partial charge in [0.1, 0.15) is 0 Å². The molecule has 142 valence electrons. The van der Waals surface area contributed by atoms with Crippen LogP contribution in [0.2, 0.25) is 0 Å². The van der Waals surface area contributed by atoms with Crippen LogP contribution in [-0.2, 0) is 0 Å². The highest BCUT2D eigenvalue weighted by molar-refractivity contribution is 6.07. The number of piperidine rings is 1. The number of amides is 1. The number of aromatic nitrogens is 2. The molecule has 2 aromatic heterocycles. The van der Waals surface area contributed by atoms with E-state index in [0.717, 1.165) is 31.5 Å². The van der Waals surface area contributed by atoms with Gasteiger partial charge in [0.15, 0.2) is 0 Å². The maximum Gasteiger partial charge on any atom is 0.259 e. The summed E-state index contributed by atoms with van der Waals surface area (Å²) in [5.41, 5.74) is 4.48. The molecule has 1 amide bonds. The summed E-state index contributed by atoms with van der Waals surface area (Å²) in [5, 5.41) is 11.2. The highest BCUT2D eigenvalue weighted by atomic mass is 35.5. The van der Waals surface area contributed by atoms with Crippen molar-refractivity contribution in [2.75, 3.05) is 13.1 Å². The summed E-state index contributed by atoms with van der Waals surface area (Å²) in [5.74, 6) is -0.0936. The molecule has 1 aliphatic heterocycles. The van der Waals surface area contributed by atoms with Crippen LogP contribution >= 0.6 is 12.4 Å². The van der Waals surface area contributed by atoms with Crippen LogP contribution in [0.5, 0.6) is 0 Å². The third-order valence-electron chi connectivity index (χ3n) is 4.88. The Morgan fingerprint density at radius 2 is 1.89 bits per heavy atom. The number of nitrogens with zero attached hydrogens (tertiary/aromatic N) is 2. The van der Waals surface area contributed by atoms with Crippen LogP contribution in [0.4, 0.5) is 0 Å². The van der Waals surface area contributed by atoms with Gasteiger partial charge < -0.3 is 15.2 Å². The molecule has 0 bridgehead atoms. The number of carbonyl (C=O) groups excluding carboxylic acids is 1. The van der Waals surface area contributed by atoms with E-state index in [-0.39, 0.29) is 24.4 Å². The topological polar surface area (TPSA) is 80.0 Å². The molecule has 1 aromatic carbocycles. The molecular formula is C20H23ClN4O2. The Morgan fingerprint density at radius 1 is 1.19 bits per heavy atom. The molecule has 0 aliphatic carbocycles. The number of carbonyl (C=O) groups is 1. The van der Waals surface area contributed by atoms with Crippen molar-refractivity contribution in [3.63, 3.8) is 0 Å². The molecule has 6 nitrogen and oxygen atoms in total. The second-order valence-corrected chi connectivity index (χ2v) is 6.87. The van der Waals surface area contributed by atoms with E-state index in [9.17, 15) is 4.79 Å². The van der Waals surface area contributed by atoms with Crippen LogP contribution < -0.4 is 10.6 Å². The van der Waals surface area contributed by atoms with Gasteiger partial charge in [-0.25, -0.2) is 4.98 Å². The lowest BCUT2D eigenvalue weighted by Crippen LogP contribution is -2.42. The molecule has 1 saturated heterocycles. The Balaban J connectivity index is 0.00000210. The number of rotatable bonds is 3. The van der Waals surface area contributed by atoms with Gasteiger partial charge >= 0.3 is 0 Å². The number of pyridine rings is 1. The van der Waals surface area contributed by atoms with Crippen LogP contribution in [0.1, 0.15) is 34.5 Å². The van der Waals surface area contributed by atoms with Crippen LogP contribution in [0.25, 0.3) is 22.4 Å². The van der Waals surface area contributed by atoms with Gasteiger partial charge in [0.2, 0.25) is 0 Å². The maximum atomic E-state index is 13.0. The fourth-order valence-electron chi connectivity index (χ4n) is 3.38. The number of benzene rings is 1. The highest BCUT2D eigenvalue weighted by Crippen LogP contribution is 2.27. The van der Waals surface area contributed by atoms with Gasteiger partial charge in [0, 0.05) is 11.6 Å². The first-order valence-electron chi connectivity index (χ1n) is 8.97. The van der Waals surface area contributed by atoms with Gasteiger partial charge in [0.25, 0.3) is 11.6 Å². The molecular weight excluding hydrogens is 364 g/mol. The van der Waals surface area contributed by atoms with E-state index in [0.29, 0.717) is 28.1 Å². The summed E-state index contributed by atoms with van der Waals surface area (Å²) < 4.78 is 5.36. The summed E-state index contributed by atoms with van der Waals surface area (Å²) in [6.45, 7) is 5.73. The first kappa shape index (κ1) is 19.3. The number of fused-ring (bicyclic) bond motifs is 1. The third-order valence-corrected chi connectivity index (χ3v) is 4.88. The molecule has 0 radical (unpaired) electrons. The summed E-state index contributed by atoms with van der Waals surface area (Å²) >= 11 is 0. The summed E-state index contributed by atoms with van der Waals surface area (Å²) in [6.07, 6.45) is 1.88. The number of aryl methyl sites for hydroxylation is 2. The molecule has 27 heavy (non-hydrogen) atoms. The number of hydrogen-bond donors (Lipinski definition) is 2. The molecule has 0 atom stereocenters. The molecule has 2 N–H and O–H groups in total. The number of halogens is 1. The minimum absolute atomic E-state index is 0. The Morgan fingerprint density at radius 3 is 2.59 bits per heavy atom. The molecule has 0 spiro atoms. The van der Waals surface area contributed by atoms with Crippen molar-refractivity contribution in [3.05, 3.63) is 47.2 Å². The highest BCUT2D eigenvalue weighted by Gasteiger charge is 2.22. The Labute approximate surface area is 164 Å². The van der Waals surface area contributed by atoms with Gasteiger partial charge in [-0.05, 0) is 45.8 Å². The fraction of sp³-hybridized carbons (Fsp3) is 0.350. The molecule has 0 unspecified atom stereocenters. The molecule has 0 saturated carbocycles. The van der Waals surface area contributed by atoms with Crippen molar-refractivity contribution >= 4 is 29.4 Å². The van der Waals surface area contributed by atoms with Gasteiger partial charge in [-0.3, -0.25) is 4.79 Å². The van der Waals surface area contributed by atoms with Gasteiger partial charge in [-0.2, -0.15) is 0 Å². The van der Waals surface area contributed by atoms with Crippen LogP contribution in [0.3, 0.4) is 0 Å². The fourth-order valence-corrected chi connectivity index (χ4v) is 3.38. The lowest BCUT2D eigenvalue weighted by molar-refractivity contribution is 0.0931. The van der Waals surface area contributed by atoms with E-state index >= 15 is 0 Å². The third kappa shape index (κ3) is 3.96. The number of hydrogen-bond acceptors (Lipinski definition) is 5. The van der Waals surface area contributed by atoms with Crippen LogP contribution in [0, 0.1) is 13.8 Å². The molecule has 3 heterocycles. The van der Waals surface area contributed by atoms with Crippen LogP contribution in [0.15, 0.2) is 34.9 Å². The zero-order chi connectivity index (χ0) is 18.1. The maximum absolute atomic E-state index is 13.0. The number of nitrogens with one attached hydrogen (secondary N) is 2.